The molecular formula is C12H10F3NO2S. The van der Waals surface area contributed by atoms with Crippen molar-refractivity contribution in [2.45, 2.75) is 18.6 Å². The molecule has 0 bridgehead atoms. The van der Waals surface area contributed by atoms with Crippen LogP contribution in [-0.2, 0) is 17.4 Å². The number of fused-ring (bicyclic) bond motifs is 1. The first-order chi connectivity index (χ1) is 8.80. The number of rotatable bonds is 3. The molecule has 7 heteroatoms. The zero-order valence-corrected chi connectivity index (χ0v) is 10.4. The van der Waals surface area contributed by atoms with E-state index in [-0.39, 0.29) is 11.8 Å². The summed E-state index contributed by atoms with van der Waals surface area (Å²) >= 11 is 1.15. The van der Waals surface area contributed by atoms with Crippen molar-refractivity contribution in [2.24, 2.45) is 5.73 Å². The number of thiophene rings is 1. The van der Waals surface area contributed by atoms with Gasteiger partial charge in [0.15, 0.2) is 0 Å². The Labute approximate surface area is 110 Å². The molecule has 1 atom stereocenters. The highest BCUT2D eigenvalue weighted by atomic mass is 32.1. The van der Waals surface area contributed by atoms with Crippen LogP contribution in [-0.4, -0.2) is 17.1 Å². The maximum atomic E-state index is 12.9. The van der Waals surface area contributed by atoms with Gasteiger partial charge in [-0.15, -0.1) is 11.3 Å². The van der Waals surface area contributed by atoms with Crippen molar-refractivity contribution in [1.82, 2.24) is 0 Å². The van der Waals surface area contributed by atoms with Crippen LogP contribution in [0.15, 0.2) is 23.6 Å². The second kappa shape index (κ2) is 4.82. The molecule has 0 amide bonds. The highest BCUT2D eigenvalue weighted by Gasteiger charge is 2.33. The van der Waals surface area contributed by atoms with Crippen LogP contribution < -0.4 is 5.73 Å². The summed E-state index contributed by atoms with van der Waals surface area (Å²) < 4.78 is 39.3. The summed E-state index contributed by atoms with van der Waals surface area (Å²) in [4.78, 5) is 10.7. The van der Waals surface area contributed by atoms with Crippen LogP contribution in [0.2, 0.25) is 0 Å². The summed E-state index contributed by atoms with van der Waals surface area (Å²) in [5.41, 5.74) is 4.95. The third-order valence-corrected chi connectivity index (χ3v) is 3.73. The Bertz CT molecular complexity index is 621. The standard InChI is InChI=1S/C12H10F3NO2S/c13-12(14,15)7-2-1-3-9-10(7)6(5-19-9)4-8(16)11(17)18/h1-3,5,8H,4,16H2,(H,17,18)/t8-/m0/s1. The molecule has 0 saturated heterocycles. The highest BCUT2D eigenvalue weighted by molar-refractivity contribution is 7.17. The number of benzene rings is 1. The van der Waals surface area contributed by atoms with E-state index in [1.165, 1.54) is 11.4 Å². The molecule has 19 heavy (non-hydrogen) atoms. The van der Waals surface area contributed by atoms with Gasteiger partial charge in [-0.2, -0.15) is 13.2 Å². The van der Waals surface area contributed by atoms with Crippen molar-refractivity contribution in [3.05, 3.63) is 34.7 Å². The Hall–Kier alpha value is -1.60. The van der Waals surface area contributed by atoms with Gasteiger partial charge in [-0.1, -0.05) is 6.07 Å². The van der Waals surface area contributed by atoms with Crippen molar-refractivity contribution >= 4 is 27.4 Å². The number of carboxylic acids is 1. The topological polar surface area (TPSA) is 63.3 Å². The van der Waals surface area contributed by atoms with E-state index < -0.39 is 23.8 Å². The molecule has 0 radical (unpaired) electrons. The van der Waals surface area contributed by atoms with Crippen molar-refractivity contribution in [3.8, 4) is 0 Å². The Balaban J connectivity index is 2.54. The average molecular weight is 289 g/mol. The molecule has 3 nitrogen and oxygen atoms in total. The van der Waals surface area contributed by atoms with E-state index in [4.69, 9.17) is 10.8 Å². The number of carboxylic acid groups (broad SMARTS) is 1. The molecule has 0 unspecified atom stereocenters. The summed E-state index contributed by atoms with van der Waals surface area (Å²) in [5.74, 6) is -1.23. The predicted octanol–water partition coefficient (Wildman–Crippen LogP) is 2.87. The van der Waals surface area contributed by atoms with E-state index in [0.717, 1.165) is 17.4 Å². The molecule has 0 aliphatic carbocycles. The number of alkyl halides is 3. The van der Waals surface area contributed by atoms with E-state index in [9.17, 15) is 18.0 Å². The first-order valence-electron chi connectivity index (χ1n) is 5.35. The van der Waals surface area contributed by atoms with Crippen molar-refractivity contribution < 1.29 is 23.1 Å². The van der Waals surface area contributed by atoms with Crippen LogP contribution in [0, 0.1) is 0 Å². The molecule has 2 aromatic rings. The summed E-state index contributed by atoms with van der Waals surface area (Å²) in [6.45, 7) is 0. The lowest BCUT2D eigenvalue weighted by Crippen LogP contribution is -2.32. The lowest BCUT2D eigenvalue weighted by molar-refractivity contribution is -0.138. The van der Waals surface area contributed by atoms with Crippen LogP contribution >= 0.6 is 11.3 Å². The minimum atomic E-state index is -4.47. The van der Waals surface area contributed by atoms with Crippen LogP contribution in [0.3, 0.4) is 0 Å². The monoisotopic (exact) mass is 289 g/mol. The molecular weight excluding hydrogens is 279 g/mol. The van der Waals surface area contributed by atoms with Gasteiger partial charge in [0, 0.05) is 10.1 Å². The number of carbonyl (C=O) groups is 1. The van der Waals surface area contributed by atoms with Gasteiger partial charge in [-0.25, -0.2) is 0 Å². The van der Waals surface area contributed by atoms with Gasteiger partial charge >= 0.3 is 12.1 Å². The normalized spacial score (nSPS) is 13.7. The molecule has 1 aromatic carbocycles. The molecule has 3 N–H and O–H groups in total. The fraction of sp³-hybridized carbons (Fsp3) is 0.250. The fourth-order valence-electron chi connectivity index (χ4n) is 1.86. The highest BCUT2D eigenvalue weighted by Crippen LogP contribution is 2.39. The second-order valence-corrected chi connectivity index (χ2v) is 5.00. The molecule has 1 aromatic heterocycles. The maximum absolute atomic E-state index is 12.9. The third-order valence-electron chi connectivity index (χ3n) is 2.74. The molecule has 1 heterocycles. The molecule has 0 spiro atoms. The Kier molecular flexibility index (Phi) is 3.51. The fourth-order valence-corrected chi connectivity index (χ4v) is 2.86. The second-order valence-electron chi connectivity index (χ2n) is 4.09. The maximum Gasteiger partial charge on any atom is 0.417 e. The molecule has 2 rings (SSSR count). The molecule has 0 aliphatic heterocycles. The first-order valence-corrected chi connectivity index (χ1v) is 6.23. The lowest BCUT2D eigenvalue weighted by atomic mass is 10.0. The SMILES string of the molecule is N[C@@H](Cc1csc2cccc(C(F)(F)F)c12)C(=O)O. The van der Waals surface area contributed by atoms with Crippen LogP contribution in [0.1, 0.15) is 11.1 Å². The van der Waals surface area contributed by atoms with Crippen molar-refractivity contribution in [3.63, 3.8) is 0 Å². The van der Waals surface area contributed by atoms with Gasteiger partial charge in [0.1, 0.15) is 6.04 Å². The lowest BCUT2D eigenvalue weighted by Gasteiger charge is -2.11. The van der Waals surface area contributed by atoms with E-state index in [2.05, 4.69) is 0 Å². The van der Waals surface area contributed by atoms with E-state index in [0.29, 0.717) is 10.3 Å². The zero-order chi connectivity index (χ0) is 14.2. The Morgan fingerprint density at radius 1 is 1.42 bits per heavy atom. The largest absolute Gasteiger partial charge is 0.480 e. The van der Waals surface area contributed by atoms with Gasteiger partial charge in [0.25, 0.3) is 0 Å². The van der Waals surface area contributed by atoms with Gasteiger partial charge in [0.2, 0.25) is 0 Å². The zero-order valence-electron chi connectivity index (χ0n) is 9.57. The minimum Gasteiger partial charge on any atom is -0.480 e. The van der Waals surface area contributed by atoms with Crippen LogP contribution in [0.25, 0.3) is 10.1 Å². The molecule has 0 saturated carbocycles. The van der Waals surface area contributed by atoms with E-state index in [1.54, 1.807) is 6.07 Å². The summed E-state index contributed by atoms with van der Waals surface area (Å²) in [6.07, 6.45) is -4.59. The molecule has 102 valence electrons. The smallest absolute Gasteiger partial charge is 0.417 e. The quantitative estimate of drug-likeness (QED) is 0.913. The predicted molar refractivity (Wildman–Crippen MR) is 66.1 cm³/mol. The van der Waals surface area contributed by atoms with Crippen LogP contribution in [0.5, 0.6) is 0 Å². The van der Waals surface area contributed by atoms with E-state index >= 15 is 0 Å². The summed E-state index contributed by atoms with van der Waals surface area (Å²) in [6, 6.07) is 2.69. The number of hydrogen-bond acceptors (Lipinski definition) is 3. The number of hydrogen-bond donors (Lipinski definition) is 2. The van der Waals surface area contributed by atoms with Crippen LogP contribution in [0.4, 0.5) is 13.2 Å². The number of halogens is 3. The Morgan fingerprint density at radius 2 is 2.11 bits per heavy atom. The minimum absolute atomic E-state index is 0.0525. The Morgan fingerprint density at radius 3 is 2.68 bits per heavy atom. The van der Waals surface area contributed by atoms with E-state index in [1.807, 2.05) is 0 Å². The summed E-state index contributed by atoms with van der Waals surface area (Å²) in [5, 5.41) is 10.3. The average Bonchev–Trinajstić information content (AvgIpc) is 2.71. The van der Waals surface area contributed by atoms with Gasteiger partial charge in [-0.05, 0) is 29.5 Å². The van der Waals surface area contributed by atoms with Gasteiger partial charge in [0.05, 0.1) is 5.56 Å². The third kappa shape index (κ3) is 2.71. The first kappa shape index (κ1) is 13.8. The molecule has 0 aliphatic rings. The van der Waals surface area contributed by atoms with Gasteiger partial charge < -0.3 is 10.8 Å². The van der Waals surface area contributed by atoms with Gasteiger partial charge in [-0.3, -0.25) is 4.79 Å². The number of nitrogens with two attached hydrogens (primary N) is 1. The molecule has 0 fully saturated rings. The number of aliphatic carboxylic acids is 1. The summed E-state index contributed by atoms with van der Waals surface area (Å²) in [7, 11) is 0. The van der Waals surface area contributed by atoms with Crippen molar-refractivity contribution in [2.75, 3.05) is 0 Å². The van der Waals surface area contributed by atoms with Crippen molar-refractivity contribution in [1.29, 1.82) is 0 Å².